The van der Waals surface area contributed by atoms with E-state index in [1.165, 1.54) is 32.4 Å². The molecule has 0 spiro atoms. The highest BCUT2D eigenvalue weighted by atomic mass is 16.3. The fourth-order valence-corrected chi connectivity index (χ4v) is 2.65. The minimum atomic E-state index is -0.521. The quantitative estimate of drug-likeness (QED) is 0.733. The second-order valence-electron chi connectivity index (χ2n) is 6.48. The van der Waals surface area contributed by atoms with Gasteiger partial charge < -0.3 is 15.3 Å². The van der Waals surface area contributed by atoms with Gasteiger partial charge in [-0.3, -0.25) is 0 Å². The third-order valence-electron chi connectivity index (χ3n) is 4.10. The van der Waals surface area contributed by atoms with E-state index in [-0.39, 0.29) is 0 Å². The minimum absolute atomic E-state index is 0.521. The van der Waals surface area contributed by atoms with Gasteiger partial charge in [-0.15, -0.1) is 0 Å². The van der Waals surface area contributed by atoms with Crippen LogP contribution in [0.15, 0.2) is 0 Å². The zero-order valence-corrected chi connectivity index (χ0v) is 12.7. The van der Waals surface area contributed by atoms with Crippen molar-refractivity contribution in [2.75, 3.05) is 26.2 Å². The summed E-state index contributed by atoms with van der Waals surface area (Å²) in [7, 11) is 0. The Kier molecular flexibility index (Phi) is 6.61. The predicted molar refractivity (Wildman–Crippen MR) is 77.8 cm³/mol. The van der Waals surface area contributed by atoms with Crippen molar-refractivity contribution in [3.05, 3.63) is 0 Å². The van der Waals surface area contributed by atoms with Crippen LogP contribution in [0.1, 0.15) is 53.4 Å². The van der Waals surface area contributed by atoms with Gasteiger partial charge >= 0.3 is 0 Å². The first-order valence-electron chi connectivity index (χ1n) is 7.60. The molecule has 1 unspecified atom stereocenters. The lowest BCUT2D eigenvalue weighted by molar-refractivity contribution is 0.0507. The Morgan fingerprint density at radius 2 is 1.94 bits per heavy atom. The molecule has 3 heteroatoms. The lowest BCUT2D eigenvalue weighted by Gasteiger charge is -2.36. The van der Waals surface area contributed by atoms with Gasteiger partial charge in [0.05, 0.1) is 5.60 Å². The van der Waals surface area contributed by atoms with Gasteiger partial charge in [0, 0.05) is 12.6 Å². The van der Waals surface area contributed by atoms with Gasteiger partial charge in [0.2, 0.25) is 0 Å². The third-order valence-corrected chi connectivity index (χ3v) is 4.10. The molecule has 0 amide bonds. The van der Waals surface area contributed by atoms with Crippen molar-refractivity contribution in [2.24, 2.45) is 5.92 Å². The molecule has 108 valence electrons. The normalized spacial score (nSPS) is 21.2. The lowest BCUT2D eigenvalue weighted by atomic mass is 9.90. The standard InChI is InChI=1S/C15H32N2O/c1-5-9-16-13(2)14-6-10-17(11-7-14)12-8-15(3,4)18/h13-14,16,18H,5-12H2,1-4H3. The van der Waals surface area contributed by atoms with E-state index in [0.29, 0.717) is 6.04 Å². The summed E-state index contributed by atoms with van der Waals surface area (Å²) in [6.07, 6.45) is 4.68. The highest BCUT2D eigenvalue weighted by Crippen LogP contribution is 2.21. The Hall–Kier alpha value is -0.120. The van der Waals surface area contributed by atoms with Gasteiger partial charge in [-0.2, -0.15) is 0 Å². The smallest absolute Gasteiger partial charge is 0.0603 e. The lowest BCUT2D eigenvalue weighted by Crippen LogP contribution is -2.43. The van der Waals surface area contributed by atoms with Crippen molar-refractivity contribution in [3.63, 3.8) is 0 Å². The van der Waals surface area contributed by atoms with Crippen molar-refractivity contribution < 1.29 is 5.11 Å². The fourth-order valence-electron chi connectivity index (χ4n) is 2.65. The van der Waals surface area contributed by atoms with Crippen LogP contribution in [0.4, 0.5) is 0 Å². The Labute approximate surface area is 113 Å². The van der Waals surface area contributed by atoms with Gasteiger partial charge in [-0.25, -0.2) is 0 Å². The molecule has 0 aromatic rings. The maximum atomic E-state index is 9.75. The number of nitrogens with zero attached hydrogens (tertiary/aromatic N) is 1. The van der Waals surface area contributed by atoms with Crippen molar-refractivity contribution in [3.8, 4) is 0 Å². The number of nitrogens with one attached hydrogen (secondary N) is 1. The average molecular weight is 256 g/mol. The van der Waals surface area contributed by atoms with Crippen molar-refractivity contribution in [2.45, 2.75) is 65.0 Å². The number of rotatable bonds is 7. The molecule has 3 nitrogen and oxygen atoms in total. The summed E-state index contributed by atoms with van der Waals surface area (Å²) < 4.78 is 0. The van der Waals surface area contributed by atoms with E-state index in [9.17, 15) is 5.11 Å². The van der Waals surface area contributed by atoms with E-state index in [2.05, 4.69) is 24.1 Å². The molecule has 1 fully saturated rings. The summed E-state index contributed by atoms with van der Waals surface area (Å²) >= 11 is 0. The molecule has 1 aliphatic rings. The highest BCUT2D eigenvalue weighted by Gasteiger charge is 2.24. The van der Waals surface area contributed by atoms with Gasteiger partial charge in [0.1, 0.15) is 0 Å². The maximum Gasteiger partial charge on any atom is 0.0603 e. The third kappa shape index (κ3) is 6.17. The van der Waals surface area contributed by atoms with Gasteiger partial charge in [-0.1, -0.05) is 6.92 Å². The predicted octanol–water partition coefficient (Wildman–Crippen LogP) is 2.25. The van der Waals surface area contributed by atoms with Crippen molar-refractivity contribution in [1.82, 2.24) is 10.2 Å². The summed E-state index contributed by atoms with van der Waals surface area (Å²) in [5.74, 6) is 0.829. The fraction of sp³-hybridized carbons (Fsp3) is 1.00. The molecule has 1 saturated heterocycles. The molecule has 1 heterocycles. The molecular formula is C15H32N2O. The Morgan fingerprint density at radius 3 is 2.44 bits per heavy atom. The number of aliphatic hydroxyl groups is 1. The van der Waals surface area contributed by atoms with E-state index in [1.54, 1.807) is 0 Å². The van der Waals surface area contributed by atoms with E-state index in [4.69, 9.17) is 0 Å². The zero-order valence-electron chi connectivity index (χ0n) is 12.7. The van der Waals surface area contributed by atoms with E-state index < -0.39 is 5.60 Å². The van der Waals surface area contributed by atoms with Crippen LogP contribution in [0, 0.1) is 5.92 Å². The molecular weight excluding hydrogens is 224 g/mol. The first-order chi connectivity index (χ1) is 8.42. The van der Waals surface area contributed by atoms with Crippen LogP contribution in [-0.4, -0.2) is 47.8 Å². The first kappa shape index (κ1) is 15.9. The minimum Gasteiger partial charge on any atom is -0.390 e. The average Bonchev–Trinajstić information content (AvgIpc) is 2.33. The van der Waals surface area contributed by atoms with Crippen molar-refractivity contribution in [1.29, 1.82) is 0 Å². The topological polar surface area (TPSA) is 35.5 Å². The van der Waals surface area contributed by atoms with Crippen LogP contribution in [0.25, 0.3) is 0 Å². The second-order valence-corrected chi connectivity index (χ2v) is 6.48. The Balaban J connectivity index is 2.20. The van der Waals surface area contributed by atoms with Crippen LogP contribution < -0.4 is 5.32 Å². The van der Waals surface area contributed by atoms with Crippen LogP contribution >= 0.6 is 0 Å². The summed E-state index contributed by atoms with van der Waals surface area (Å²) in [5.41, 5.74) is -0.521. The summed E-state index contributed by atoms with van der Waals surface area (Å²) in [6.45, 7) is 12.9. The van der Waals surface area contributed by atoms with Crippen LogP contribution in [-0.2, 0) is 0 Å². The largest absolute Gasteiger partial charge is 0.390 e. The zero-order chi connectivity index (χ0) is 13.6. The molecule has 0 aromatic heterocycles. The van der Waals surface area contributed by atoms with Crippen molar-refractivity contribution >= 4 is 0 Å². The number of piperidine rings is 1. The molecule has 18 heavy (non-hydrogen) atoms. The molecule has 2 N–H and O–H groups in total. The van der Waals surface area contributed by atoms with Crippen LogP contribution in [0.2, 0.25) is 0 Å². The summed E-state index contributed by atoms with van der Waals surface area (Å²) in [6, 6.07) is 0.654. The van der Waals surface area contributed by atoms with Gasteiger partial charge in [0.25, 0.3) is 0 Å². The van der Waals surface area contributed by atoms with Crippen LogP contribution in [0.5, 0.6) is 0 Å². The molecule has 1 aliphatic heterocycles. The highest BCUT2D eigenvalue weighted by molar-refractivity contribution is 4.80. The molecule has 0 bridgehead atoms. The SMILES string of the molecule is CCCNC(C)C1CCN(CCC(C)(C)O)CC1. The summed E-state index contributed by atoms with van der Waals surface area (Å²) in [4.78, 5) is 2.50. The van der Waals surface area contributed by atoms with E-state index in [0.717, 1.165) is 25.4 Å². The maximum absolute atomic E-state index is 9.75. The summed E-state index contributed by atoms with van der Waals surface area (Å²) in [5, 5.41) is 13.4. The first-order valence-corrected chi connectivity index (χ1v) is 7.60. The number of likely N-dealkylation sites (tertiary alicyclic amines) is 1. The Morgan fingerprint density at radius 1 is 1.33 bits per heavy atom. The molecule has 0 aliphatic carbocycles. The van der Waals surface area contributed by atoms with E-state index in [1.807, 2.05) is 13.8 Å². The second kappa shape index (κ2) is 7.46. The molecule has 0 radical (unpaired) electrons. The monoisotopic (exact) mass is 256 g/mol. The molecule has 1 atom stereocenters. The van der Waals surface area contributed by atoms with E-state index >= 15 is 0 Å². The molecule has 0 saturated carbocycles. The van der Waals surface area contributed by atoms with Gasteiger partial charge in [0.15, 0.2) is 0 Å². The molecule has 0 aromatic carbocycles. The van der Waals surface area contributed by atoms with Crippen LogP contribution in [0.3, 0.4) is 0 Å². The Bertz CT molecular complexity index is 217. The molecule has 1 rings (SSSR count). The number of hydrogen-bond acceptors (Lipinski definition) is 3. The van der Waals surface area contributed by atoms with Gasteiger partial charge in [-0.05, 0) is 72.0 Å². The number of hydrogen-bond donors (Lipinski definition) is 2.